The van der Waals surface area contributed by atoms with E-state index in [0.717, 1.165) is 0 Å². The number of nitrogens with two attached hydrogens (primary N) is 1. The van der Waals surface area contributed by atoms with Gasteiger partial charge in [-0.2, -0.15) is 0 Å². The van der Waals surface area contributed by atoms with Crippen LogP contribution >= 0.6 is 0 Å². The third-order valence-corrected chi connectivity index (χ3v) is 1.65. The summed E-state index contributed by atoms with van der Waals surface area (Å²) in [5, 5.41) is 0. The average molecular weight is 179 g/mol. The van der Waals surface area contributed by atoms with Gasteiger partial charge in [0, 0.05) is 5.56 Å². The van der Waals surface area contributed by atoms with E-state index >= 15 is 0 Å². The molecule has 1 rings (SSSR count). The van der Waals surface area contributed by atoms with Crippen molar-refractivity contribution in [1.29, 1.82) is 0 Å². The summed E-state index contributed by atoms with van der Waals surface area (Å²) in [5.41, 5.74) is 5.46. The minimum absolute atomic E-state index is 0.125. The Morgan fingerprint density at radius 1 is 1.54 bits per heavy atom. The maximum atomic E-state index is 10.9. The van der Waals surface area contributed by atoms with Crippen LogP contribution in [-0.2, 0) is 0 Å². The highest BCUT2D eigenvalue weighted by molar-refractivity contribution is 6.02. The lowest BCUT2D eigenvalue weighted by atomic mass is 10.1. The summed E-state index contributed by atoms with van der Waals surface area (Å²) < 4.78 is 4.89. The molecule has 0 unspecified atom stereocenters. The summed E-state index contributed by atoms with van der Waals surface area (Å²) in [4.78, 5) is 21.5. The van der Waals surface area contributed by atoms with E-state index in [1.54, 1.807) is 12.1 Å². The smallest absolute Gasteiger partial charge is 0.253 e. The molecule has 0 fully saturated rings. The Kier molecular flexibility index (Phi) is 2.64. The largest absolute Gasteiger partial charge is 0.496 e. The van der Waals surface area contributed by atoms with Crippen LogP contribution in [-0.4, -0.2) is 19.3 Å². The fourth-order valence-electron chi connectivity index (χ4n) is 1.08. The Hall–Kier alpha value is -1.84. The molecule has 0 heterocycles. The molecule has 0 saturated heterocycles. The maximum Gasteiger partial charge on any atom is 0.253 e. The molecule has 0 saturated carbocycles. The van der Waals surface area contributed by atoms with Gasteiger partial charge in [0.05, 0.1) is 12.7 Å². The molecule has 68 valence electrons. The van der Waals surface area contributed by atoms with Crippen LogP contribution in [0.25, 0.3) is 0 Å². The second kappa shape index (κ2) is 3.71. The van der Waals surface area contributed by atoms with Crippen LogP contribution in [0.5, 0.6) is 5.75 Å². The summed E-state index contributed by atoms with van der Waals surface area (Å²) in [7, 11) is 1.41. The summed E-state index contributed by atoms with van der Waals surface area (Å²) in [6, 6.07) is 4.71. The zero-order valence-corrected chi connectivity index (χ0v) is 7.11. The predicted octanol–water partition coefficient (Wildman–Crippen LogP) is 0.607. The quantitative estimate of drug-likeness (QED) is 0.691. The van der Waals surface area contributed by atoms with Crippen LogP contribution in [0, 0.1) is 0 Å². The van der Waals surface area contributed by atoms with Crippen molar-refractivity contribution >= 4 is 12.2 Å². The van der Waals surface area contributed by atoms with Gasteiger partial charge in [-0.25, -0.2) is 0 Å². The number of carbonyl (C=O) groups excluding carboxylic acids is 2. The minimum atomic E-state index is -0.667. The standard InChI is InChI=1S/C9H9NO3/c1-13-7-4-2-3-6(5-11)8(7)9(10)12/h2-5H,1H3,(H2,10,12). The van der Waals surface area contributed by atoms with E-state index in [1.165, 1.54) is 13.2 Å². The summed E-state index contributed by atoms with van der Waals surface area (Å²) in [5.74, 6) is -0.350. The van der Waals surface area contributed by atoms with Gasteiger partial charge in [0.1, 0.15) is 5.75 Å². The third-order valence-electron chi connectivity index (χ3n) is 1.65. The highest BCUT2D eigenvalue weighted by atomic mass is 16.5. The molecule has 1 amide bonds. The second-order valence-corrected chi connectivity index (χ2v) is 2.41. The van der Waals surface area contributed by atoms with Crippen LogP contribution in [0.1, 0.15) is 20.7 Å². The van der Waals surface area contributed by atoms with E-state index in [0.29, 0.717) is 12.0 Å². The summed E-state index contributed by atoms with van der Waals surface area (Å²) >= 11 is 0. The lowest BCUT2D eigenvalue weighted by molar-refractivity contribution is 0.0990. The van der Waals surface area contributed by atoms with Crippen LogP contribution in [0.4, 0.5) is 0 Å². The van der Waals surface area contributed by atoms with Crippen LogP contribution in [0.15, 0.2) is 18.2 Å². The van der Waals surface area contributed by atoms with Crippen LogP contribution in [0.3, 0.4) is 0 Å². The first-order chi connectivity index (χ1) is 6.20. The molecule has 1 aromatic carbocycles. The molecule has 0 radical (unpaired) electrons. The van der Waals surface area contributed by atoms with E-state index in [-0.39, 0.29) is 11.1 Å². The molecular formula is C9H9NO3. The van der Waals surface area contributed by atoms with Crippen molar-refractivity contribution in [2.75, 3.05) is 7.11 Å². The number of amides is 1. The number of ether oxygens (including phenoxy) is 1. The number of primary amides is 1. The number of carbonyl (C=O) groups is 2. The highest BCUT2D eigenvalue weighted by Crippen LogP contribution is 2.20. The van der Waals surface area contributed by atoms with Crippen LogP contribution in [0.2, 0.25) is 0 Å². The molecule has 4 nitrogen and oxygen atoms in total. The van der Waals surface area contributed by atoms with Crippen molar-refractivity contribution in [3.05, 3.63) is 29.3 Å². The van der Waals surface area contributed by atoms with E-state index in [4.69, 9.17) is 10.5 Å². The first-order valence-corrected chi connectivity index (χ1v) is 3.62. The molecule has 1 aromatic rings. The first kappa shape index (κ1) is 9.25. The van der Waals surface area contributed by atoms with E-state index in [2.05, 4.69) is 0 Å². The fraction of sp³-hybridized carbons (Fsp3) is 0.111. The molecule has 0 spiro atoms. The van der Waals surface area contributed by atoms with E-state index < -0.39 is 5.91 Å². The first-order valence-electron chi connectivity index (χ1n) is 3.62. The lowest BCUT2D eigenvalue weighted by Crippen LogP contribution is -2.15. The predicted molar refractivity (Wildman–Crippen MR) is 46.9 cm³/mol. The Morgan fingerprint density at radius 2 is 2.23 bits per heavy atom. The van der Waals surface area contributed by atoms with Gasteiger partial charge in [-0.15, -0.1) is 0 Å². The van der Waals surface area contributed by atoms with Crippen molar-refractivity contribution in [2.45, 2.75) is 0 Å². The van der Waals surface area contributed by atoms with Gasteiger partial charge in [0.25, 0.3) is 5.91 Å². The number of hydrogen-bond acceptors (Lipinski definition) is 3. The molecule has 0 atom stereocenters. The molecule has 2 N–H and O–H groups in total. The number of methoxy groups -OCH3 is 1. The lowest BCUT2D eigenvalue weighted by Gasteiger charge is -2.06. The van der Waals surface area contributed by atoms with Crippen molar-refractivity contribution in [3.8, 4) is 5.75 Å². The number of aldehydes is 1. The molecular weight excluding hydrogens is 170 g/mol. The third kappa shape index (κ3) is 1.66. The van der Waals surface area contributed by atoms with Crippen LogP contribution < -0.4 is 10.5 Å². The van der Waals surface area contributed by atoms with Crippen molar-refractivity contribution in [1.82, 2.24) is 0 Å². The Bertz CT molecular complexity index is 347. The van der Waals surface area contributed by atoms with Gasteiger partial charge in [0.15, 0.2) is 6.29 Å². The molecule has 4 heteroatoms. The van der Waals surface area contributed by atoms with E-state index in [9.17, 15) is 9.59 Å². The zero-order valence-electron chi connectivity index (χ0n) is 7.11. The Balaban J connectivity index is 3.38. The number of rotatable bonds is 3. The Labute approximate surface area is 75.3 Å². The summed E-state index contributed by atoms with van der Waals surface area (Å²) in [6.45, 7) is 0. The molecule has 0 aliphatic heterocycles. The van der Waals surface area contributed by atoms with E-state index in [1.807, 2.05) is 0 Å². The monoisotopic (exact) mass is 179 g/mol. The molecule has 0 aliphatic rings. The Morgan fingerprint density at radius 3 is 2.69 bits per heavy atom. The SMILES string of the molecule is COc1cccc(C=O)c1C(N)=O. The van der Waals surface area contributed by atoms with Gasteiger partial charge in [-0.05, 0) is 6.07 Å². The van der Waals surface area contributed by atoms with Gasteiger partial charge in [0.2, 0.25) is 0 Å². The van der Waals surface area contributed by atoms with Gasteiger partial charge >= 0.3 is 0 Å². The molecule has 0 bridgehead atoms. The van der Waals surface area contributed by atoms with Crippen molar-refractivity contribution in [3.63, 3.8) is 0 Å². The van der Waals surface area contributed by atoms with Crippen molar-refractivity contribution in [2.24, 2.45) is 5.73 Å². The average Bonchev–Trinajstić information content (AvgIpc) is 2.16. The minimum Gasteiger partial charge on any atom is -0.496 e. The van der Waals surface area contributed by atoms with Gasteiger partial charge in [-0.3, -0.25) is 9.59 Å². The molecule has 13 heavy (non-hydrogen) atoms. The van der Waals surface area contributed by atoms with Crippen molar-refractivity contribution < 1.29 is 14.3 Å². The second-order valence-electron chi connectivity index (χ2n) is 2.41. The number of benzene rings is 1. The maximum absolute atomic E-state index is 10.9. The normalized spacial score (nSPS) is 9.31. The molecule has 0 aliphatic carbocycles. The topological polar surface area (TPSA) is 69.4 Å². The summed E-state index contributed by atoms with van der Waals surface area (Å²) in [6.07, 6.45) is 0.572. The fourth-order valence-corrected chi connectivity index (χ4v) is 1.08. The highest BCUT2D eigenvalue weighted by Gasteiger charge is 2.12. The zero-order chi connectivity index (χ0) is 9.84. The number of hydrogen-bond donors (Lipinski definition) is 1. The van der Waals surface area contributed by atoms with Gasteiger partial charge < -0.3 is 10.5 Å². The van der Waals surface area contributed by atoms with Gasteiger partial charge in [-0.1, -0.05) is 12.1 Å². The molecule has 0 aromatic heterocycles.